The molecular weight excluding hydrogens is 514 g/mol. The molecule has 1 N–H and O–H groups in total. The van der Waals surface area contributed by atoms with E-state index in [0.29, 0.717) is 23.5 Å². The number of piperidine rings is 1. The Kier molecular flexibility index (Phi) is 6.40. The molecule has 0 aliphatic carbocycles. The number of nitrogens with zero attached hydrogens (tertiary/aromatic N) is 5. The maximum atomic E-state index is 14.0. The first-order valence-corrected chi connectivity index (χ1v) is 12.8. The summed E-state index contributed by atoms with van der Waals surface area (Å²) < 4.78 is 20.2. The number of rotatable bonds is 5. The third-order valence-corrected chi connectivity index (χ3v) is 7.37. The molecule has 1 aliphatic heterocycles. The van der Waals surface area contributed by atoms with Gasteiger partial charge in [-0.2, -0.15) is 5.10 Å². The van der Waals surface area contributed by atoms with E-state index in [9.17, 15) is 4.39 Å². The smallest absolute Gasteiger partial charge is 0.247 e. The van der Waals surface area contributed by atoms with Gasteiger partial charge in [0.15, 0.2) is 0 Å². The van der Waals surface area contributed by atoms with E-state index in [1.165, 1.54) is 6.07 Å². The van der Waals surface area contributed by atoms with Gasteiger partial charge in [0.05, 0.1) is 16.5 Å². The molecule has 5 aromatic rings. The highest BCUT2D eigenvalue weighted by Crippen LogP contribution is 2.33. The van der Waals surface area contributed by atoms with Crippen LogP contribution in [0.4, 0.5) is 4.39 Å². The van der Waals surface area contributed by atoms with Crippen LogP contribution in [0.1, 0.15) is 35.8 Å². The molecule has 0 unspecified atom stereocenters. The van der Waals surface area contributed by atoms with Gasteiger partial charge in [0, 0.05) is 35.8 Å². The number of halogens is 3. The number of likely N-dealkylation sites (tertiary alicyclic amines) is 1. The quantitative estimate of drug-likeness (QED) is 0.248. The molecular formula is C27H23Cl2FN6O. The SMILES string of the molecule is Cc1cc(Cl)c(F)cc1CN1CCC[C@@H](c2nnc(-c3ccc4[nH]nc(-c5ccnc(Cl)c5)c4c3)o2)C1. The predicted molar refractivity (Wildman–Crippen MR) is 141 cm³/mol. The zero-order valence-corrected chi connectivity index (χ0v) is 21.5. The van der Waals surface area contributed by atoms with Crippen molar-refractivity contribution in [3.05, 3.63) is 81.7 Å². The van der Waals surface area contributed by atoms with Gasteiger partial charge in [-0.15, -0.1) is 10.2 Å². The molecule has 1 saturated heterocycles. The van der Waals surface area contributed by atoms with E-state index in [1.807, 2.05) is 31.2 Å². The monoisotopic (exact) mass is 536 g/mol. The van der Waals surface area contributed by atoms with Crippen molar-refractivity contribution in [1.29, 1.82) is 0 Å². The Labute approximate surface area is 222 Å². The van der Waals surface area contributed by atoms with Gasteiger partial charge >= 0.3 is 0 Å². The topological polar surface area (TPSA) is 83.7 Å². The summed E-state index contributed by atoms with van der Waals surface area (Å²) in [5.74, 6) is 0.804. The molecule has 0 bridgehead atoms. The number of H-pyrrole nitrogens is 1. The minimum absolute atomic E-state index is 0.111. The van der Waals surface area contributed by atoms with Crippen LogP contribution in [0.5, 0.6) is 0 Å². The van der Waals surface area contributed by atoms with Crippen molar-refractivity contribution in [1.82, 2.24) is 30.3 Å². The lowest BCUT2D eigenvalue weighted by Gasteiger charge is -2.31. The molecule has 0 saturated carbocycles. The second-order valence-corrected chi connectivity index (χ2v) is 10.2. The molecule has 7 nitrogen and oxygen atoms in total. The first-order valence-electron chi connectivity index (χ1n) is 12.1. The normalized spacial score (nSPS) is 16.5. The maximum absolute atomic E-state index is 14.0. The molecule has 1 atom stereocenters. The van der Waals surface area contributed by atoms with Gasteiger partial charge in [-0.1, -0.05) is 23.2 Å². The van der Waals surface area contributed by atoms with Gasteiger partial charge in [0.1, 0.15) is 16.7 Å². The number of aromatic nitrogens is 5. The van der Waals surface area contributed by atoms with Gasteiger partial charge in [0.25, 0.3) is 0 Å². The van der Waals surface area contributed by atoms with Gasteiger partial charge < -0.3 is 4.42 Å². The van der Waals surface area contributed by atoms with Crippen molar-refractivity contribution in [2.24, 2.45) is 0 Å². The Morgan fingerprint density at radius 3 is 2.86 bits per heavy atom. The van der Waals surface area contributed by atoms with Crippen molar-refractivity contribution >= 4 is 34.1 Å². The number of benzene rings is 2. The minimum Gasteiger partial charge on any atom is -0.420 e. The van der Waals surface area contributed by atoms with E-state index >= 15 is 0 Å². The summed E-state index contributed by atoms with van der Waals surface area (Å²) in [4.78, 5) is 6.35. The van der Waals surface area contributed by atoms with Gasteiger partial charge in [-0.25, -0.2) is 9.37 Å². The second kappa shape index (κ2) is 9.85. The number of nitrogens with one attached hydrogen (secondary N) is 1. The third kappa shape index (κ3) is 4.84. The molecule has 0 amide bonds. The van der Waals surface area contributed by atoms with Crippen LogP contribution in [0, 0.1) is 12.7 Å². The Morgan fingerprint density at radius 2 is 2.00 bits per heavy atom. The van der Waals surface area contributed by atoms with E-state index in [0.717, 1.165) is 64.8 Å². The highest BCUT2D eigenvalue weighted by atomic mass is 35.5. The summed E-state index contributed by atoms with van der Waals surface area (Å²) in [6.45, 7) is 4.30. The van der Waals surface area contributed by atoms with Crippen LogP contribution < -0.4 is 0 Å². The number of aromatic amines is 1. The van der Waals surface area contributed by atoms with Crippen molar-refractivity contribution in [2.75, 3.05) is 13.1 Å². The highest BCUT2D eigenvalue weighted by molar-refractivity contribution is 6.30. The summed E-state index contributed by atoms with van der Waals surface area (Å²) in [7, 11) is 0. The molecule has 2 aromatic carbocycles. The number of aryl methyl sites for hydroxylation is 1. The van der Waals surface area contributed by atoms with Crippen LogP contribution in [0.2, 0.25) is 10.2 Å². The molecule has 6 rings (SSSR count). The predicted octanol–water partition coefficient (Wildman–Crippen LogP) is 6.81. The Morgan fingerprint density at radius 1 is 1.11 bits per heavy atom. The maximum Gasteiger partial charge on any atom is 0.247 e. The first-order chi connectivity index (χ1) is 17.9. The summed E-state index contributed by atoms with van der Waals surface area (Å²) in [6, 6.07) is 12.7. The van der Waals surface area contributed by atoms with Gasteiger partial charge in [-0.05, 0) is 79.9 Å². The lowest BCUT2D eigenvalue weighted by Crippen LogP contribution is -2.34. The Balaban J connectivity index is 1.23. The van der Waals surface area contributed by atoms with E-state index in [4.69, 9.17) is 27.6 Å². The van der Waals surface area contributed by atoms with Crippen LogP contribution in [0.3, 0.4) is 0 Å². The first kappa shape index (κ1) is 24.0. The van der Waals surface area contributed by atoms with E-state index in [2.05, 4.69) is 30.3 Å². The number of hydrogen-bond donors (Lipinski definition) is 1. The van der Waals surface area contributed by atoms with Crippen LogP contribution in [0.25, 0.3) is 33.6 Å². The standard InChI is InChI=1S/C27H23Cl2FN6O/c1-15-9-21(28)22(30)11-19(15)14-36-8-2-3-18(13-36)27-35-34-26(37-27)17-4-5-23-20(10-17)25(33-32-23)16-6-7-31-24(29)12-16/h4-7,9-12,18H,2-3,8,13-14H2,1H3,(H,32,33)/t18-/m1/s1. The summed E-state index contributed by atoms with van der Waals surface area (Å²) in [6.07, 6.45) is 3.61. The van der Waals surface area contributed by atoms with Gasteiger partial charge in [-0.3, -0.25) is 10.00 Å². The molecule has 3 aromatic heterocycles. The largest absolute Gasteiger partial charge is 0.420 e. The van der Waals surface area contributed by atoms with Crippen molar-refractivity contribution in [3.8, 4) is 22.7 Å². The van der Waals surface area contributed by atoms with E-state index in [-0.39, 0.29) is 16.8 Å². The van der Waals surface area contributed by atoms with Crippen LogP contribution in [-0.2, 0) is 6.54 Å². The molecule has 10 heteroatoms. The zero-order chi connectivity index (χ0) is 25.5. The lowest BCUT2D eigenvalue weighted by molar-refractivity contribution is 0.186. The number of hydrogen-bond acceptors (Lipinski definition) is 6. The van der Waals surface area contributed by atoms with E-state index < -0.39 is 0 Å². The number of fused-ring (bicyclic) bond motifs is 1. The van der Waals surface area contributed by atoms with Crippen LogP contribution in [0.15, 0.2) is 53.1 Å². The third-order valence-electron chi connectivity index (χ3n) is 6.88. The summed E-state index contributed by atoms with van der Waals surface area (Å²) >= 11 is 12.0. The molecule has 0 radical (unpaired) electrons. The lowest BCUT2D eigenvalue weighted by atomic mass is 9.97. The summed E-state index contributed by atoms with van der Waals surface area (Å²) in [5.41, 5.74) is 5.27. The molecule has 4 heterocycles. The minimum atomic E-state index is -0.387. The molecule has 37 heavy (non-hydrogen) atoms. The van der Waals surface area contributed by atoms with Crippen LogP contribution in [-0.4, -0.2) is 43.4 Å². The Hall–Kier alpha value is -3.33. The van der Waals surface area contributed by atoms with E-state index in [1.54, 1.807) is 18.3 Å². The zero-order valence-electron chi connectivity index (χ0n) is 20.0. The Bertz CT molecular complexity index is 1600. The fraction of sp³-hybridized carbons (Fsp3) is 0.259. The average molecular weight is 537 g/mol. The highest BCUT2D eigenvalue weighted by Gasteiger charge is 2.27. The summed E-state index contributed by atoms with van der Waals surface area (Å²) in [5, 5.41) is 17.8. The van der Waals surface area contributed by atoms with Gasteiger partial charge in [0.2, 0.25) is 11.8 Å². The molecule has 1 fully saturated rings. The molecule has 0 spiro atoms. The second-order valence-electron chi connectivity index (χ2n) is 9.41. The van der Waals surface area contributed by atoms with Crippen molar-refractivity contribution in [3.63, 3.8) is 0 Å². The van der Waals surface area contributed by atoms with Crippen LogP contribution >= 0.6 is 23.2 Å². The van der Waals surface area contributed by atoms with Crippen molar-refractivity contribution < 1.29 is 8.81 Å². The fourth-order valence-corrected chi connectivity index (χ4v) is 5.32. The van der Waals surface area contributed by atoms with Crippen molar-refractivity contribution in [2.45, 2.75) is 32.2 Å². The fourth-order valence-electron chi connectivity index (χ4n) is 4.93. The molecule has 1 aliphatic rings. The average Bonchev–Trinajstić information content (AvgIpc) is 3.55. The number of pyridine rings is 1. The molecule has 188 valence electrons.